The van der Waals surface area contributed by atoms with Crippen molar-refractivity contribution in [1.29, 1.82) is 0 Å². The highest BCUT2D eigenvalue weighted by Crippen LogP contribution is 2.37. The quantitative estimate of drug-likeness (QED) is 0.435. The number of aliphatic imine (C=N–C) groups is 2. The number of aromatic nitrogens is 2. The van der Waals surface area contributed by atoms with Crippen LogP contribution in [0.15, 0.2) is 26.8 Å². The van der Waals surface area contributed by atoms with Crippen molar-refractivity contribution in [1.82, 2.24) is 9.97 Å². The van der Waals surface area contributed by atoms with Gasteiger partial charge in [-0.3, -0.25) is 9.98 Å². The molecule has 0 saturated carbocycles. The summed E-state index contributed by atoms with van der Waals surface area (Å²) in [5.41, 5.74) is 14.6. The van der Waals surface area contributed by atoms with Gasteiger partial charge in [0, 0.05) is 51.8 Å². The highest BCUT2D eigenvalue weighted by molar-refractivity contribution is 6.22. The van der Waals surface area contributed by atoms with Crippen LogP contribution in [0, 0.1) is 25.7 Å². The van der Waals surface area contributed by atoms with E-state index in [0.29, 0.717) is 11.8 Å². The standard InChI is InChI=1S/C34H46N4/c1-9-13-25-21(7)28-15-27-19(5)23(11-3)31(35-27)16-29-20(6)24(12-4)32(36-29)17-30-22(8)26(14-10-2)34(38-30)18-33(25)37-28/h15-17,20,24,33,35,38H,9-14,18H2,1-8H3/b27-15?,31-16-,32-17-/t20-,24-,33?/m0/s1. The monoisotopic (exact) mass is 510 g/mol. The molecule has 3 aliphatic heterocycles. The number of allylic oxidation sites excluding steroid dienone is 2. The number of fused-ring (bicyclic) bond motifs is 6. The van der Waals surface area contributed by atoms with E-state index in [1.807, 2.05) is 0 Å². The molecule has 0 spiro atoms. The molecule has 2 aromatic heterocycles. The molecule has 0 amide bonds. The molecule has 0 fully saturated rings. The summed E-state index contributed by atoms with van der Waals surface area (Å²) < 4.78 is 0. The second kappa shape index (κ2) is 10.7. The van der Waals surface area contributed by atoms with Crippen molar-refractivity contribution in [2.45, 2.75) is 106 Å². The van der Waals surface area contributed by atoms with Crippen LogP contribution in [0.5, 0.6) is 0 Å². The van der Waals surface area contributed by atoms with Gasteiger partial charge in [0.2, 0.25) is 0 Å². The van der Waals surface area contributed by atoms with Crippen molar-refractivity contribution in [3.05, 3.63) is 61.2 Å². The van der Waals surface area contributed by atoms with Crippen molar-refractivity contribution >= 4 is 29.7 Å². The van der Waals surface area contributed by atoms with E-state index >= 15 is 0 Å². The fourth-order valence-corrected chi connectivity index (χ4v) is 7.01. The molecular weight excluding hydrogens is 464 g/mol. The summed E-state index contributed by atoms with van der Waals surface area (Å²) in [4.78, 5) is 18.3. The average molecular weight is 511 g/mol. The van der Waals surface area contributed by atoms with E-state index in [1.54, 1.807) is 0 Å². The molecule has 4 nitrogen and oxygen atoms in total. The lowest BCUT2D eigenvalue weighted by molar-refractivity contribution is 0.521. The van der Waals surface area contributed by atoms with Crippen LogP contribution in [0.1, 0.15) is 101 Å². The molecule has 0 radical (unpaired) electrons. The minimum Gasteiger partial charge on any atom is -0.358 e. The van der Waals surface area contributed by atoms with E-state index in [9.17, 15) is 0 Å². The Morgan fingerprint density at radius 1 is 0.868 bits per heavy atom. The molecule has 38 heavy (non-hydrogen) atoms. The first-order valence-corrected chi connectivity index (χ1v) is 15.0. The first kappa shape index (κ1) is 26.7. The smallest absolute Gasteiger partial charge is 0.0777 e. The number of nitrogens with zero attached hydrogens (tertiary/aromatic N) is 2. The average Bonchev–Trinajstić information content (AvgIpc) is 3.55. The first-order chi connectivity index (χ1) is 18.3. The molecule has 2 aromatic rings. The number of hydrogen-bond donors (Lipinski definition) is 2. The fourth-order valence-electron chi connectivity index (χ4n) is 7.01. The molecule has 0 aliphatic carbocycles. The van der Waals surface area contributed by atoms with Crippen molar-refractivity contribution in [3.8, 4) is 0 Å². The molecule has 1 unspecified atom stereocenters. The zero-order valence-electron chi connectivity index (χ0n) is 24.8. The Morgan fingerprint density at radius 2 is 1.63 bits per heavy atom. The molecule has 5 heterocycles. The molecule has 4 heteroatoms. The van der Waals surface area contributed by atoms with Crippen LogP contribution in [-0.4, -0.2) is 27.4 Å². The summed E-state index contributed by atoms with van der Waals surface area (Å²) in [5.74, 6) is 0.836. The topological polar surface area (TPSA) is 56.3 Å². The molecular formula is C34H46N4. The largest absolute Gasteiger partial charge is 0.358 e. The molecule has 2 N–H and O–H groups in total. The van der Waals surface area contributed by atoms with Gasteiger partial charge in [-0.25, -0.2) is 0 Å². The molecule has 3 atom stereocenters. The van der Waals surface area contributed by atoms with Crippen LogP contribution < -0.4 is 10.7 Å². The van der Waals surface area contributed by atoms with Gasteiger partial charge in [-0.2, -0.15) is 0 Å². The summed E-state index contributed by atoms with van der Waals surface area (Å²) in [7, 11) is 0. The first-order valence-electron chi connectivity index (χ1n) is 15.0. The minimum atomic E-state index is 0.203. The van der Waals surface area contributed by atoms with Gasteiger partial charge in [0.1, 0.15) is 0 Å². The predicted molar refractivity (Wildman–Crippen MR) is 164 cm³/mol. The van der Waals surface area contributed by atoms with Gasteiger partial charge >= 0.3 is 0 Å². The summed E-state index contributed by atoms with van der Waals surface area (Å²) in [6, 6.07) is 0.203. The third-order valence-corrected chi connectivity index (χ3v) is 9.30. The van der Waals surface area contributed by atoms with Crippen LogP contribution in [0.3, 0.4) is 0 Å². The van der Waals surface area contributed by atoms with E-state index in [4.69, 9.17) is 9.98 Å². The zero-order valence-corrected chi connectivity index (χ0v) is 24.8. The molecule has 8 bridgehead atoms. The van der Waals surface area contributed by atoms with Crippen LogP contribution >= 0.6 is 0 Å². The number of aromatic amines is 2. The lowest BCUT2D eigenvalue weighted by Gasteiger charge is -2.14. The number of H-pyrrole nitrogens is 2. The van der Waals surface area contributed by atoms with Gasteiger partial charge in [-0.05, 0) is 98.1 Å². The molecule has 3 aliphatic rings. The van der Waals surface area contributed by atoms with Gasteiger partial charge in [-0.15, -0.1) is 0 Å². The molecule has 5 rings (SSSR count). The van der Waals surface area contributed by atoms with Crippen molar-refractivity contribution in [2.24, 2.45) is 21.8 Å². The zero-order chi connectivity index (χ0) is 27.1. The van der Waals surface area contributed by atoms with E-state index in [-0.39, 0.29) is 6.04 Å². The van der Waals surface area contributed by atoms with Crippen molar-refractivity contribution in [3.63, 3.8) is 0 Å². The Morgan fingerprint density at radius 3 is 2.32 bits per heavy atom. The SMILES string of the molecule is CCCC1=C(C)C2=NC1Cc1[nH]c(c(C)c1CCC)/C=C1N=C(/C=c3\[nH]c(c(C)c3CC)=C2)[C@@H](C)[C@@H]\1CC. The van der Waals surface area contributed by atoms with Gasteiger partial charge in [0.15, 0.2) is 0 Å². The summed E-state index contributed by atoms with van der Waals surface area (Å²) in [6.07, 6.45) is 14.5. The van der Waals surface area contributed by atoms with E-state index in [1.165, 1.54) is 66.9 Å². The van der Waals surface area contributed by atoms with Gasteiger partial charge in [0.05, 0.1) is 11.8 Å². The Kier molecular flexibility index (Phi) is 7.53. The highest BCUT2D eigenvalue weighted by Gasteiger charge is 2.31. The maximum atomic E-state index is 5.37. The summed E-state index contributed by atoms with van der Waals surface area (Å²) in [5, 5.41) is 2.40. The van der Waals surface area contributed by atoms with Crippen LogP contribution in [0.4, 0.5) is 0 Å². The van der Waals surface area contributed by atoms with Gasteiger partial charge < -0.3 is 9.97 Å². The number of hydrogen-bond acceptors (Lipinski definition) is 2. The van der Waals surface area contributed by atoms with E-state index in [0.717, 1.165) is 50.7 Å². The lowest BCUT2D eigenvalue weighted by atomic mass is 9.88. The van der Waals surface area contributed by atoms with Crippen molar-refractivity contribution < 1.29 is 0 Å². The predicted octanol–water partition coefficient (Wildman–Crippen LogP) is 6.69. The molecule has 0 aromatic carbocycles. The molecule has 0 saturated heterocycles. The minimum absolute atomic E-state index is 0.203. The van der Waals surface area contributed by atoms with Gasteiger partial charge in [0.25, 0.3) is 0 Å². The second-order valence-electron chi connectivity index (χ2n) is 11.6. The summed E-state index contributed by atoms with van der Waals surface area (Å²) in [6.45, 7) is 18.3. The van der Waals surface area contributed by atoms with Crippen molar-refractivity contribution in [2.75, 3.05) is 0 Å². The Labute approximate surface area is 228 Å². The van der Waals surface area contributed by atoms with Crippen LogP contribution in [-0.2, 0) is 19.3 Å². The van der Waals surface area contributed by atoms with E-state index in [2.05, 4.69) is 83.6 Å². The maximum absolute atomic E-state index is 5.37. The second-order valence-corrected chi connectivity index (χ2v) is 11.6. The van der Waals surface area contributed by atoms with E-state index < -0.39 is 0 Å². The number of rotatable bonds is 6. The third-order valence-electron chi connectivity index (χ3n) is 9.30. The third kappa shape index (κ3) is 4.50. The molecule has 202 valence electrons. The Balaban J connectivity index is 1.80. The lowest BCUT2D eigenvalue weighted by Crippen LogP contribution is -2.19. The van der Waals surface area contributed by atoms with Gasteiger partial charge in [-0.1, -0.05) is 47.5 Å². The highest BCUT2D eigenvalue weighted by atomic mass is 14.9. The summed E-state index contributed by atoms with van der Waals surface area (Å²) >= 11 is 0. The van der Waals surface area contributed by atoms with Crippen LogP contribution in [0.25, 0.3) is 18.2 Å². The fraction of sp³-hybridized carbons (Fsp3) is 0.529. The maximum Gasteiger partial charge on any atom is 0.0777 e. The normalized spacial score (nSPS) is 25.0. The Hall–Kier alpha value is -2.88. The Bertz CT molecular complexity index is 1480. The van der Waals surface area contributed by atoms with Crippen LogP contribution in [0.2, 0.25) is 0 Å². The number of nitrogens with one attached hydrogen (secondary N) is 2.